The summed E-state index contributed by atoms with van der Waals surface area (Å²) in [6.45, 7) is 0. The van der Waals surface area contributed by atoms with Gasteiger partial charge < -0.3 is 23.7 Å². The summed E-state index contributed by atoms with van der Waals surface area (Å²) < 4.78 is 27.6. The number of carbonyl (C=O) groups is 2. The zero-order chi connectivity index (χ0) is 24.9. The Bertz CT molecular complexity index is 1060. The van der Waals surface area contributed by atoms with E-state index in [0.29, 0.717) is 41.2 Å². The quantitative estimate of drug-likeness (QED) is 0.417. The zero-order valence-electron chi connectivity index (χ0n) is 20.4. The molecule has 2 heterocycles. The van der Waals surface area contributed by atoms with E-state index >= 15 is 0 Å². The normalized spacial score (nSPS) is 23.7. The number of hydrogen-bond acceptors (Lipinski definition) is 8. The molecule has 186 valence electrons. The highest BCUT2D eigenvalue weighted by atomic mass is 16.6. The Morgan fingerprint density at radius 2 is 1.60 bits per heavy atom. The van der Waals surface area contributed by atoms with E-state index in [2.05, 4.69) is 4.90 Å². The van der Waals surface area contributed by atoms with E-state index in [9.17, 15) is 9.59 Å². The minimum atomic E-state index is -0.425. The monoisotopic (exact) mass is 481 g/mol. The molecule has 8 heteroatoms. The van der Waals surface area contributed by atoms with E-state index in [-0.39, 0.29) is 30.3 Å². The molecule has 2 fully saturated rings. The van der Waals surface area contributed by atoms with Gasteiger partial charge in [0.1, 0.15) is 12.2 Å². The Balaban J connectivity index is 1.37. The molecule has 0 spiro atoms. The van der Waals surface area contributed by atoms with Gasteiger partial charge in [-0.05, 0) is 43.0 Å². The number of piperidine rings is 1. The first-order valence-electron chi connectivity index (χ1n) is 11.6. The molecular weight excluding hydrogens is 450 g/mol. The van der Waals surface area contributed by atoms with Crippen LogP contribution in [0, 0.1) is 0 Å². The Labute approximate surface area is 205 Å². The van der Waals surface area contributed by atoms with Crippen LogP contribution in [0.15, 0.2) is 48.5 Å². The molecule has 0 aromatic heterocycles. The summed E-state index contributed by atoms with van der Waals surface area (Å²) in [4.78, 5) is 27.4. The standard InChI is InChI=1S/C27H31NO7/c1-28-19-14-20(16-21(28)22(15-19)35-27(30)18-8-6-5-7-9-18)34-25(29)11-10-17-12-23(31-2)26(33-4)24(13-17)32-3/h5-13,19-22H,14-16H2,1-4H3/b11-10+/t19?,20-,21?,22-/m0/s1. The number of hydrogen-bond donors (Lipinski definition) is 0. The molecule has 2 aliphatic rings. The van der Waals surface area contributed by atoms with Crippen molar-refractivity contribution in [1.82, 2.24) is 4.90 Å². The number of carbonyl (C=O) groups excluding carboxylic acids is 2. The topological polar surface area (TPSA) is 83.5 Å². The second-order valence-corrected chi connectivity index (χ2v) is 8.75. The van der Waals surface area contributed by atoms with Gasteiger partial charge >= 0.3 is 11.9 Å². The fourth-order valence-corrected chi connectivity index (χ4v) is 4.94. The first kappa shape index (κ1) is 24.6. The molecule has 2 unspecified atom stereocenters. The fraction of sp³-hybridized carbons (Fsp3) is 0.407. The Hall–Kier alpha value is -3.52. The zero-order valence-corrected chi connectivity index (χ0v) is 20.4. The van der Waals surface area contributed by atoms with Gasteiger partial charge in [-0.1, -0.05) is 18.2 Å². The molecule has 2 bridgehead atoms. The fourth-order valence-electron chi connectivity index (χ4n) is 4.94. The summed E-state index contributed by atoms with van der Waals surface area (Å²) in [7, 11) is 6.65. The third-order valence-corrected chi connectivity index (χ3v) is 6.72. The highest BCUT2D eigenvalue weighted by Crippen LogP contribution is 2.39. The van der Waals surface area contributed by atoms with E-state index in [4.69, 9.17) is 23.7 Å². The smallest absolute Gasteiger partial charge is 0.338 e. The SMILES string of the molecule is COc1cc(/C=C/C(=O)O[C@H]2CC3C[C@H](OC(=O)c4ccccc4)C(C2)N3C)cc(OC)c1OC. The lowest BCUT2D eigenvalue weighted by Gasteiger charge is -2.36. The van der Waals surface area contributed by atoms with Crippen LogP contribution in [0.3, 0.4) is 0 Å². The molecule has 2 aromatic rings. The molecule has 2 aromatic carbocycles. The van der Waals surface area contributed by atoms with Gasteiger partial charge in [0.25, 0.3) is 0 Å². The maximum atomic E-state index is 12.6. The van der Waals surface area contributed by atoms with Crippen LogP contribution in [-0.4, -0.2) is 69.5 Å². The van der Waals surface area contributed by atoms with Gasteiger partial charge in [0.15, 0.2) is 11.5 Å². The molecule has 35 heavy (non-hydrogen) atoms. The largest absolute Gasteiger partial charge is 0.493 e. The second kappa shape index (κ2) is 10.8. The summed E-state index contributed by atoms with van der Waals surface area (Å²) in [6.07, 6.45) is 4.64. The molecule has 2 saturated heterocycles. The Kier molecular flexibility index (Phi) is 7.60. The van der Waals surface area contributed by atoms with E-state index in [0.717, 1.165) is 6.42 Å². The van der Waals surface area contributed by atoms with Crippen molar-refractivity contribution in [3.63, 3.8) is 0 Å². The van der Waals surface area contributed by atoms with Crippen molar-refractivity contribution in [2.24, 2.45) is 0 Å². The van der Waals surface area contributed by atoms with Crippen molar-refractivity contribution in [3.8, 4) is 17.2 Å². The molecule has 4 rings (SSSR count). The summed E-state index contributed by atoms with van der Waals surface area (Å²) in [5.74, 6) is 0.744. The van der Waals surface area contributed by atoms with E-state index in [1.807, 2.05) is 25.2 Å². The van der Waals surface area contributed by atoms with Crippen LogP contribution in [-0.2, 0) is 14.3 Å². The van der Waals surface area contributed by atoms with Crippen LogP contribution in [0.25, 0.3) is 6.08 Å². The molecule has 0 saturated carbocycles. The second-order valence-electron chi connectivity index (χ2n) is 8.75. The van der Waals surface area contributed by atoms with Crippen molar-refractivity contribution >= 4 is 18.0 Å². The third kappa shape index (κ3) is 5.43. The first-order valence-corrected chi connectivity index (χ1v) is 11.6. The van der Waals surface area contributed by atoms with Crippen molar-refractivity contribution in [2.75, 3.05) is 28.4 Å². The number of fused-ring (bicyclic) bond motifs is 2. The molecule has 0 aliphatic carbocycles. The summed E-state index contributed by atoms with van der Waals surface area (Å²) >= 11 is 0. The maximum absolute atomic E-state index is 12.6. The van der Waals surface area contributed by atoms with Gasteiger partial charge in [-0.3, -0.25) is 4.90 Å². The molecular formula is C27H31NO7. The average molecular weight is 482 g/mol. The number of benzene rings is 2. The van der Waals surface area contributed by atoms with Gasteiger partial charge in [0, 0.05) is 31.4 Å². The van der Waals surface area contributed by atoms with Crippen molar-refractivity contribution in [1.29, 1.82) is 0 Å². The summed E-state index contributed by atoms with van der Waals surface area (Å²) in [5.41, 5.74) is 1.25. The van der Waals surface area contributed by atoms with Gasteiger partial charge in [0.2, 0.25) is 5.75 Å². The number of nitrogens with zero attached hydrogens (tertiary/aromatic N) is 1. The summed E-state index contributed by atoms with van der Waals surface area (Å²) in [5, 5.41) is 0. The average Bonchev–Trinajstić information content (AvgIpc) is 3.03. The number of rotatable bonds is 8. The lowest BCUT2D eigenvalue weighted by Crippen LogP contribution is -2.46. The van der Waals surface area contributed by atoms with Crippen molar-refractivity contribution in [2.45, 2.75) is 43.6 Å². The van der Waals surface area contributed by atoms with Gasteiger partial charge in [-0.25, -0.2) is 9.59 Å². The molecule has 0 radical (unpaired) electrons. The minimum Gasteiger partial charge on any atom is -0.493 e. The molecule has 2 aliphatic heterocycles. The van der Waals surface area contributed by atoms with E-state index < -0.39 is 5.97 Å². The lowest BCUT2D eigenvalue weighted by molar-refractivity contribution is -0.146. The van der Waals surface area contributed by atoms with Crippen molar-refractivity contribution < 1.29 is 33.3 Å². The Morgan fingerprint density at radius 1 is 0.914 bits per heavy atom. The van der Waals surface area contributed by atoms with E-state index in [1.165, 1.54) is 27.4 Å². The number of esters is 2. The predicted molar refractivity (Wildman–Crippen MR) is 130 cm³/mol. The molecule has 0 N–H and O–H groups in total. The minimum absolute atomic E-state index is 0.0123. The van der Waals surface area contributed by atoms with Crippen LogP contribution >= 0.6 is 0 Å². The first-order chi connectivity index (χ1) is 16.9. The highest BCUT2D eigenvalue weighted by molar-refractivity contribution is 5.89. The van der Waals surface area contributed by atoms with Crippen LogP contribution in [0.5, 0.6) is 17.2 Å². The van der Waals surface area contributed by atoms with Crippen LogP contribution in [0.2, 0.25) is 0 Å². The van der Waals surface area contributed by atoms with Gasteiger partial charge in [-0.15, -0.1) is 0 Å². The van der Waals surface area contributed by atoms with Crippen molar-refractivity contribution in [3.05, 3.63) is 59.7 Å². The number of likely N-dealkylation sites (N-methyl/N-ethyl adjacent to an activating group) is 1. The number of ether oxygens (including phenoxy) is 5. The van der Waals surface area contributed by atoms with Crippen LogP contribution in [0.1, 0.15) is 35.2 Å². The number of methoxy groups -OCH3 is 3. The van der Waals surface area contributed by atoms with Gasteiger partial charge in [-0.2, -0.15) is 0 Å². The van der Waals surface area contributed by atoms with E-state index in [1.54, 1.807) is 30.3 Å². The Morgan fingerprint density at radius 3 is 2.23 bits per heavy atom. The van der Waals surface area contributed by atoms with Gasteiger partial charge in [0.05, 0.1) is 32.9 Å². The molecule has 0 amide bonds. The predicted octanol–water partition coefficient (Wildman–Crippen LogP) is 3.73. The third-order valence-electron chi connectivity index (χ3n) is 6.72. The van der Waals surface area contributed by atoms with Crippen LogP contribution < -0.4 is 14.2 Å². The van der Waals surface area contributed by atoms with Crippen LogP contribution in [0.4, 0.5) is 0 Å². The highest BCUT2D eigenvalue weighted by Gasteiger charge is 2.47. The lowest BCUT2D eigenvalue weighted by atomic mass is 10.0. The molecule has 8 nitrogen and oxygen atoms in total. The maximum Gasteiger partial charge on any atom is 0.338 e. The molecule has 4 atom stereocenters. The summed E-state index contributed by atoms with van der Waals surface area (Å²) in [6, 6.07) is 12.7.